The van der Waals surface area contributed by atoms with Crippen molar-refractivity contribution in [3.8, 4) is 0 Å². The van der Waals surface area contributed by atoms with Crippen LogP contribution in [-0.4, -0.2) is 49.2 Å². The van der Waals surface area contributed by atoms with Gasteiger partial charge in [-0.1, -0.05) is 6.42 Å². The molecule has 0 amide bonds. The Morgan fingerprint density at radius 1 is 1.18 bits per heavy atom. The Bertz CT molecular complexity index is 178. The van der Waals surface area contributed by atoms with Gasteiger partial charge in [0.1, 0.15) is 0 Å². The third kappa shape index (κ3) is 5.84. The Hall–Kier alpha value is -0.120. The number of hydrogen-bond acceptors (Lipinski definition) is 3. The SMILES string of the molecule is CC(C)N(CCNCC1CCCCN1)C(C)C. The lowest BCUT2D eigenvalue weighted by atomic mass is 10.1. The van der Waals surface area contributed by atoms with Crippen molar-refractivity contribution in [2.24, 2.45) is 0 Å². The van der Waals surface area contributed by atoms with Gasteiger partial charge in [0.05, 0.1) is 0 Å². The summed E-state index contributed by atoms with van der Waals surface area (Å²) in [6.45, 7) is 13.7. The van der Waals surface area contributed by atoms with E-state index in [0.717, 1.165) is 19.6 Å². The van der Waals surface area contributed by atoms with Gasteiger partial charge in [0, 0.05) is 37.8 Å². The molecule has 1 rings (SSSR count). The van der Waals surface area contributed by atoms with Gasteiger partial charge in [-0.3, -0.25) is 4.90 Å². The molecule has 0 spiro atoms. The van der Waals surface area contributed by atoms with E-state index in [0.29, 0.717) is 18.1 Å². The maximum atomic E-state index is 3.59. The Morgan fingerprint density at radius 2 is 1.88 bits per heavy atom. The summed E-state index contributed by atoms with van der Waals surface area (Å²) in [5, 5.41) is 7.17. The second-order valence-electron chi connectivity index (χ2n) is 5.78. The predicted molar refractivity (Wildman–Crippen MR) is 75.5 cm³/mol. The van der Waals surface area contributed by atoms with Gasteiger partial charge >= 0.3 is 0 Å². The molecule has 1 fully saturated rings. The molecule has 0 bridgehead atoms. The number of nitrogens with zero attached hydrogens (tertiary/aromatic N) is 1. The van der Waals surface area contributed by atoms with Crippen molar-refractivity contribution in [3.63, 3.8) is 0 Å². The van der Waals surface area contributed by atoms with Crippen molar-refractivity contribution in [2.45, 2.75) is 65.1 Å². The molecule has 102 valence electrons. The van der Waals surface area contributed by atoms with Gasteiger partial charge in [0.15, 0.2) is 0 Å². The molecule has 1 unspecified atom stereocenters. The molecule has 0 aromatic carbocycles. The van der Waals surface area contributed by atoms with Gasteiger partial charge in [-0.05, 0) is 47.1 Å². The monoisotopic (exact) mass is 241 g/mol. The summed E-state index contributed by atoms with van der Waals surface area (Å²) in [7, 11) is 0. The Morgan fingerprint density at radius 3 is 2.41 bits per heavy atom. The van der Waals surface area contributed by atoms with Gasteiger partial charge in [-0.25, -0.2) is 0 Å². The number of rotatable bonds is 7. The average molecular weight is 241 g/mol. The fourth-order valence-electron chi connectivity index (χ4n) is 2.70. The van der Waals surface area contributed by atoms with Crippen molar-refractivity contribution < 1.29 is 0 Å². The largest absolute Gasteiger partial charge is 0.314 e. The fourth-order valence-corrected chi connectivity index (χ4v) is 2.70. The van der Waals surface area contributed by atoms with Crippen molar-refractivity contribution in [2.75, 3.05) is 26.2 Å². The lowest BCUT2D eigenvalue weighted by Crippen LogP contribution is -2.45. The first-order chi connectivity index (χ1) is 8.11. The van der Waals surface area contributed by atoms with Crippen LogP contribution in [0.25, 0.3) is 0 Å². The molecule has 3 nitrogen and oxygen atoms in total. The van der Waals surface area contributed by atoms with Gasteiger partial charge in [0.25, 0.3) is 0 Å². The molecule has 0 saturated carbocycles. The standard InChI is InChI=1S/C14H31N3/c1-12(2)17(13(3)4)10-9-15-11-14-7-5-6-8-16-14/h12-16H,5-11H2,1-4H3. The predicted octanol–water partition coefficient (Wildman–Crippen LogP) is 1.84. The summed E-state index contributed by atoms with van der Waals surface area (Å²) in [6.07, 6.45) is 4.08. The summed E-state index contributed by atoms with van der Waals surface area (Å²) >= 11 is 0. The highest BCUT2D eigenvalue weighted by Gasteiger charge is 2.14. The van der Waals surface area contributed by atoms with Gasteiger partial charge in [0.2, 0.25) is 0 Å². The molecule has 1 aliphatic heterocycles. The summed E-state index contributed by atoms with van der Waals surface area (Å²) in [5.41, 5.74) is 0. The molecule has 1 heterocycles. The van der Waals surface area contributed by atoms with Crippen LogP contribution in [0.3, 0.4) is 0 Å². The molecular formula is C14H31N3. The molecule has 2 N–H and O–H groups in total. The molecule has 1 saturated heterocycles. The van der Waals surface area contributed by atoms with Crippen LogP contribution in [-0.2, 0) is 0 Å². The maximum Gasteiger partial charge on any atom is 0.0192 e. The van der Waals surface area contributed by atoms with Gasteiger partial charge < -0.3 is 10.6 Å². The van der Waals surface area contributed by atoms with Crippen molar-refractivity contribution in [1.82, 2.24) is 15.5 Å². The quantitative estimate of drug-likeness (QED) is 0.666. The minimum atomic E-state index is 0.643. The smallest absolute Gasteiger partial charge is 0.0192 e. The second kappa shape index (κ2) is 8.06. The molecular weight excluding hydrogens is 210 g/mol. The van der Waals surface area contributed by atoms with E-state index in [9.17, 15) is 0 Å². The molecule has 0 radical (unpaired) electrons. The van der Waals surface area contributed by atoms with Crippen LogP contribution in [0.2, 0.25) is 0 Å². The average Bonchev–Trinajstić information content (AvgIpc) is 2.29. The molecule has 0 aromatic heterocycles. The number of nitrogens with one attached hydrogen (secondary N) is 2. The van der Waals surface area contributed by atoms with E-state index >= 15 is 0 Å². The topological polar surface area (TPSA) is 27.3 Å². The van der Waals surface area contributed by atoms with E-state index in [2.05, 4.69) is 43.2 Å². The van der Waals surface area contributed by atoms with Gasteiger partial charge in [-0.2, -0.15) is 0 Å². The molecule has 3 heteroatoms. The van der Waals surface area contributed by atoms with Crippen LogP contribution < -0.4 is 10.6 Å². The maximum absolute atomic E-state index is 3.59. The minimum Gasteiger partial charge on any atom is -0.314 e. The van der Waals surface area contributed by atoms with Crippen LogP contribution in [0, 0.1) is 0 Å². The van der Waals surface area contributed by atoms with Crippen molar-refractivity contribution in [3.05, 3.63) is 0 Å². The first-order valence-electron chi connectivity index (χ1n) is 7.31. The molecule has 0 aliphatic carbocycles. The Balaban J connectivity index is 2.09. The zero-order valence-electron chi connectivity index (χ0n) is 12.1. The van der Waals surface area contributed by atoms with E-state index in [1.54, 1.807) is 0 Å². The number of piperidine rings is 1. The molecule has 1 atom stereocenters. The highest BCUT2D eigenvalue weighted by atomic mass is 15.2. The van der Waals surface area contributed by atoms with E-state index in [4.69, 9.17) is 0 Å². The molecule has 0 aromatic rings. The third-order valence-corrected chi connectivity index (χ3v) is 3.68. The first-order valence-corrected chi connectivity index (χ1v) is 7.31. The van der Waals surface area contributed by atoms with Crippen molar-refractivity contribution in [1.29, 1.82) is 0 Å². The summed E-state index contributed by atoms with van der Waals surface area (Å²) in [4.78, 5) is 2.54. The molecule has 1 aliphatic rings. The van der Waals surface area contributed by atoms with E-state index < -0.39 is 0 Å². The first kappa shape index (κ1) is 14.9. The van der Waals surface area contributed by atoms with E-state index in [-0.39, 0.29) is 0 Å². The van der Waals surface area contributed by atoms with Crippen LogP contribution in [0.4, 0.5) is 0 Å². The van der Waals surface area contributed by atoms with Crippen LogP contribution in [0.5, 0.6) is 0 Å². The lowest BCUT2D eigenvalue weighted by Gasteiger charge is -2.31. The Kier molecular flexibility index (Phi) is 7.09. The normalized spacial score (nSPS) is 21.7. The number of hydrogen-bond donors (Lipinski definition) is 2. The fraction of sp³-hybridized carbons (Fsp3) is 1.00. The summed E-state index contributed by atoms with van der Waals surface area (Å²) in [5.74, 6) is 0. The van der Waals surface area contributed by atoms with E-state index in [1.165, 1.54) is 25.8 Å². The summed E-state index contributed by atoms with van der Waals surface area (Å²) in [6, 6.07) is 1.99. The summed E-state index contributed by atoms with van der Waals surface area (Å²) < 4.78 is 0. The Labute approximate surface area is 107 Å². The highest BCUT2D eigenvalue weighted by Crippen LogP contribution is 2.06. The highest BCUT2D eigenvalue weighted by molar-refractivity contribution is 4.75. The van der Waals surface area contributed by atoms with E-state index in [1.807, 2.05) is 0 Å². The zero-order valence-corrected chi connectivity index (χ0v) is 12.1. The third-order valence-electron chi connectivity index (χ3n) is 3.68. The van der Waals surface area contributed by atoms with Crippen LogP contribution in [0.15, 0.2) is 0 Å². The second-order valence-corrected chi connectivity index (χ2v) is 5.78. The van der Waals surface area contributed by atoms with Crippen LogP contribution >= 0.6 is 0 Å². The molecule has 17 heavy (non-hydrogen) atoms. The minimum absolute atomic E-state index is 0.643. The van der Waals surface area contributed by atoms with Gasteiger partial charge in [-0.15, -0.1) is 0 Å². The zero-order chi connectivity index (χ0) is 12.7. The van der Waals surface area contributed by atoms with Crippen molar-refractivity contribution >= 4 is 0 Å². The van der Waals surface area contributed by atoms with Crippen LogP contribution in [0.1, 0.15) is 47.0 Å². The lowest BCUT2D eigenvalue weighted by molar-refractivity contribution is 0.175.